The lowest BCUT2D eigenvalue weighted by Crippen LogP contribution is -2.41. The van der Waals surface area contributed by atoms with E-state index in [1.807, 2.05) is 30.3 Å². The summed E-state index contributed by atoms with van der Waals surface area (Å²) in [5.74, 6) is 0.622. The van der Waals surface area contributed by atoms with Crippen LogP contribution in [0.5, 0.6) is 5.75 Å². The quantitative estimate of drug-likeness (QED) is 0.351. The van der Waals surface area contributed by atoms with Gasteiger partial charge in [0.15, 0.2) is 11.6 Å². The van der Waals surface area contributed by atoms with Crippen molar-refractivity contribution in [3.63, 3.8) is 0 Å². The van der Waals surface area contributed by atoms with E-state index in [4.69, 9.17) is 39.4 Å². The van der Waals surface area contributed by atoms with Crippen molar-refractivity contribution in [3.05, 3.63) is 76.0 Å². The fourth-order valence-electron chi connectivity index (χ4n) is 4.18. The Balaban J connectivity index is 1.40. The Morgan fingerprint density at radius 1 is 1.15 bits per heavy atom. The smallest absolute Gasteiger partial charge is 0.271 e. The first-order chi connectivity index (χ1) is 16.4. The van der Waals surface area contributed by atoms with Crippen molar-refractivity contribution in [2.75, 3.05) is 12.3 Å². The topological polar surface area (TPSA) is 110 Å². The van der Waals surface area contributed by atoms with Gasteiger partial charge in [0.2, 0.25) is 0 Å². The standard InChI is InChI=1S/C25H23Cl2N5O2/c26-18-3-1-4-19(27)17(18)13-34-22-11-16(12-30-24(22)29)14-6-7-20-15(9-14)10-21(31-20)25(33)32-8-2-5-23(32)28/h1,3-4,6-7,9-12,23,31H,2,5,8,13,28H2,(H2,29,30). The lowest BCUT2D eigenvalue weighted by molar-refractivity contribution is 0.0735. The largest absolute Gasteiger partial charge is 0.485 e. The first-order valence-electron chi connectivity index (χ1n) is 10.9. The molecule has 2 aromatic carbocycles. The van der Waals surface area contributed by atoms with Crippen LogP contribution in [0.2, 0.25) is 10.0 Å². The van der Waals surface area contributed by atoms with E-state index in [1.165, 1.54) is 0 Å². The molecule has 3 heterocycles. The SMILES string of the molecule is Nc1ncc(-c2ccc3[nH]c(C(=O)N4CCCC4N)cc3c2)cc1OCc1c(Cl)cccc1Cl. The van der Waals surface area contributed by atoms with Gasteiger partial charge in [-0.05, 0) is 54.8 Å². The van der Waals surface area contributed by atoms with E-state index >= 15 is 0 Å². The average molecular weight is 496 g/mol. The van der Waals surface area contributed by atoms with Gasteiger partial charge in [0, 0.05) is 44.8 Å². The molecule has 0 spiro atoms. The lowest BCUT2D eigenvalue weighted by Gasteiger charge is -2.20. The molecule has 7 nitrogen and oxygen atoms in total. The number of carbonyl (C=O) groups is 1. The van der Waals surface area contributed by atoms with Crippen molar-refractivity contribution in [1.29, 1.82) is 0 Å². The van der Waals surface area contributed by atoms with Crippen LogP contribution in [0.25, 0.3) is 22.0 Å². The molecule has 1 atom stereocenters. The molecule has 0 bridgehead atoms. The zero-order valence-electron chi connectivity index (χ0n) is 18.2. The summed E-state index contributed by atoms with van der Waals surface area (Å²) in [6, 6.07) is 14.9. The summed E-state index contributed by atoms with van der Waals surface area (Å²) in [5.41, 5.74) is 15.9. The van der Waals surface area contributed by atoms with Crippen molar-refractivity contribution in [2.45, 2.75) is 25.6 Å². The molecule has 1 unspecified atom stereocenters. The van der Waals surface area contributed by atoms with Gasteiger partial charge in [-0.1, -0.05) is 35.3 Å². The number of nitrogens with one attached hydrogen (secondary N) is 1. The molecule has 4 aromatic rings. The van der Waals surface area contributed by atoms with Crippen LogP contribution in [-0.2, 0) is 6.61 Å². The number of hydrogen-bond donors (Lipinski definition) is 3. The Morgan fingerprint density at radius 2 is 1.94 bits per heavy atom. The molecule has 1 aliphatic rings. The van der Waals surface area contributed by atoms with Crippen LogP contribution < -0.4 is 16.2 Å². The van der Waals surface area contributed by atoms with E-state index < -0.39 is 0 Å². The molecule has 174 valence electrons. The number of rotatable bonds is 5. The molecule has 0 saturated carbocycles. The summed E-state index contributed by atoms with van der Waals surface area (Å²) in [7, 11) is 0. The van der Waals surface area contributed by atoms with Crippen LogP contribution in [0.15, 0.2) is 54.7 Å². The van der Waals surface area contributed by atoms with Gasteiger partial charge in [-0.3, -0.25) is 4.79 Å². The Morgan fingerprint density at radius 3 is 2.68 bits per heavy atom. The normalized spacial score (nSPS) is 15.7. The number of nitrogens with two attached hydrogens (primary N) is 2. The van der Waals surface area contributed by atoms with E-state index in [2.05, 4.69) is 9.97 Å². The summed E-state index contributed by atoms with van der Waals surface area (Å²) in [6.07, 6.45) is 3.21. The first-order valence-corrected chi connectivity index (χ1v) is 11.7. The molecular formula is C25H23Cl2N5O2. The number of aromatic amines is 1. The fourth-order valence-corrected chi connectivity index (χ4v) is 4.68. The number of H-pyrrole nitrogens is 1. The zero-order chi connectivity index (χ0) is 23.8. The van der Waals surface area contributed by atoms with Gasteiger partial charge in [0.05, 0.1) is 6.17 Å². The number of nitrogens with zero attached hydrogens (tertiary/aromatic N) is 2. The zero-order valence-corrected chi connectivity index (χ0v) is 19.7. The number of fused-ring (bicyclic) bond motifs is 1. The Hall–Kier alpha value is -3.26. The molecule has 34 heavy (non-hydrogen) atoms. The van der Waals surface area contributed by atoms with Crippen molar-refractivity contribution in [3.8, 4) is 16.9 Å². The summed E-state index contributed by atoms with van der Waals surface area (Å²) < 4.78 is 5.91. The van der Waals surface area contributed by atoms with Gasteiger partial charge < -0.3 is 26.1 Å². The molecule has 1 fully saturated rings. The monoisotopic (exact) mass is 495 g/mol. The third kappa shape index (κ3) is 4.30. The van der Waals surface area contributed by atoms with Gasteiger partial charge in [0.25, 0.3) is 5.91 Å². The minimum Gasteiger partial charge on any atom is -0.485 e. The number of halogens is 2. The summed E-state index contributed by atoms with van der Waals surface area (Å²) >= 11 is 12.5. The molecule has 1 aliphatic heterocycles. The minimum absolute atomic E-state index is 0.0779. The van der Waals surface area contributed by atoms with E-state index in [1.54, 1.807) is 29.3 Å². The molecule has 2 aromatic heterocycles. The second kappa shape index (κ2) is 9.18. The van der Waals surface area contributed by atoms with Crippen LogP contribution in [0.4, 0.5) is 5.82 Å². The number of hydrogen-bond acceptors (Lipinski definition) is 5. The predicted molar refractivity (Wildman–Crippen MR) is 135 cm³/mol. The highest BCUT2D eigenvalue weighted by atomic mass is 35.5. The van der Waals surface area contributed by atoms with E-state index in [-0.39, 0.29) is 24.5 Å². The Labute approximate surface area is 206 Å². The number of amides is 1. The van der Waals surface area contributed by atoms with Gasteiger partial charge in [0.1, 0.15) is 12.3 Å². The molecule has 0 aliphatic carbocycles. The summed E-state index contributed by atoms with van der Waals surface area (Å²) in [6.45, 7) is 0.842. The highest BCUT2D eigenvalue weighted by molar-refractivity contribution is 6.35. The third-order valence-electron chi connectivity index (χ3n) is 6.06. The van der Waals surface area contributed by atoms with E-state index in [0.717, 1.165) is 34.9 Å². The maximum absolute atomic E-state index is 12.9. The second-order valence-corrected chi connectivity index (χ2v) is 9.10. The second-order valence-electron chi connectivity index (χ2n) is 8.29. The molecule has 5 rings (SSSR count). The number of nitrogen functional groups attached to an aromatic ring is 1. The Bertz CT molecular complexity index is 1370. The van der Waals surface area contributed by atoms with E-state index in [9.17, 15) is 4.79 Å². The van der Waals surface area contributed by atoms with Crippen molar-refractivity contribution in [2.24, 2.45) is 5.73 Å². The molecular weight excluding hydrogens is 473 g/mol. The molecule has 1 saturated heterocycles. The average Bonchev–Trinajstić information content (AvgIpc) is 3.45. The summed E-state index contributed by atoms with van der Waals surface area (Å²) in [5, 5.41) is 1.96. The van der Waals surface area contributed by atoms with Crippen LogP contribution in [0, 0.1) is 0 Å². The third-order valence-corrected chi connectivity index (χ3v) is 6.77. The number of aromatic nitrogens is 2. The van der Waals surface area contributed by atoms with E-state index in [0.29, 0.717) is 33.6 Å². The predicted octanol–water partition coefficient (Wildman–Crippen LogP) is 5.22. The van der Waals surface area contributed by atoms with Gasteiger partial charge in [-0.25, -0.2) is 4.98 Å². The van der Waals surface area contributed by atoms with Crippen LogP contribution in [0.1, 0.15) is 28.9 Å². The lowest BCUT2D eigenvalue weighted by atomic mass is 10.1. The fraction of sp³-hybridized carbons (Fsp3) is 0.200. The number of anilines is 1. The maximum atomic E-state index is 12.9. The van der Waals surface area contributed by atoms with Gasteiger partial charge in [-0.15, -0.1) is 0 Å². The maximum Gasteiger partial charge on any atom is 0.271 e. The molecule has 9 heteroatoms. The Kier molecular flexibility index (Phi) is 6.08. The number of pyridine rings is 1. The molecule has 5 N–H and O–H groups in total. The van der Waals surface area contributed by atoms with Crippen LogP contribution >= 0.6 is 23.2 Å². The van der Waals surface area contributed by atoms with Crippen LogP contribution in [-0.4, -0.2) is 33.5 Å². The van der Waals surface area contributed by atoms with Crippen LogP contribution in [0.3, 0.4) is 0 Å². The minimum atomic E-state index is -0.227. The van der Waals surface area contributed by atoms with Crippen molar-refractivity contribution in [1.82, 2.24) is 14.9 Å². The van der Waals surface area contributed by atoms with Crippen molar-refractivity contribution < 1.29 is 9.53 Å². The summed E-state index contributed by atoms with van der Waals surface area (Å²) in [4.78, 5) is 22.1. The number of carbonyl (C=O) groups excluding carboxylic acids is 1. The van der Waals surface area contributed by atoms with Gasteiger partial charge >= 0.3 is 0 Å². The number of likely N-dealkylation sites (tertiary alicyclic amines) is 1. The highest BCUT2D eigenvalue weighted by Gasteiger charge is 2.27. The number of benzene rings is 2. The molecule has 1 amide bonds. The highest BCUT2D eigenvalue weighted by Crippen LogP contribution is 2.32. The molecule has 0 radical (unpaired) electrons. The first kappa shape index (κ1) is 22.5. The van der Waals surface area contributed by atoms with Crippen molar-refractivity contribution >= 4 is 45.8 Å². The van der Waals surface area contributed by atoms with Gasteiger partial charge in [-0.2, -0.15) is 0 Å². The number of ether oxygens (including phenoxy) is 1.